The zero-order chi connectivity index (χ0) is 32.5. The van der Waals surface area contributed by atoms with E-state index >= 15 is 0 Å². The fraction of sp³-hybridized carbons (Fsp3) is 0. The van der Waals surface area contributed by atoms with Gasteiger partial charge in [0.25, 0.3) is 0 Å². The maximum absolute atomic E-state index is 10.1. The molecule has 0 saturated carbocycles. The number of benzene rings is 7. The Morgan fingerprint density at radius 1 is 0.521 bits per heavy atom. The minimum atomic E-state index is -3.00. The van der Waals surface area contributed by atoms with Gasteiger partial charge in [0.2, 0.25) is 0 Å². The highest BCUT2D eigenvalue weighted by atomic mass is 28.3. The van der Waals surface area contributed by atoms with Gasteiger partial charge in [0.15, 0.2) is 13.8 Å². The highest BCUT2D eigenvalue weighted by Gasteiger charge is 2.43. The van der Waals surface area contributed by atoms with Gasteiger partial charge in [0.1, 0.15) is 0 Å². The molecule has 8 rings (SSSR count). The molecular formula is C44H29N3Si. The number of para-hydroxylation sites is 2. The summed E-state index contributed by atoms with van der Waals surface area (Å²) in [7, 11) is -3.00. The van der Waals surface area contributed by atoms with Crippen LogP contribution < -0.4 is 20.7 Å². The number of nitriles is 1. The molecule has 3 nitrogen and oxygen atoms in total. The summed E-state index contributed by atoms with van der Waals surface area (Å²) in [5, 5.41) is 17.2. The van der Waals surface area contributed by atoms with Crippen LogP contribution in [0.4, 0.5) is 5.69 Å². The molecule has 1 aromatic heterocycles. The second-order valence-electron chi connectivity index (χ2n) is 11.9. The first-order chi connectivity index (χ1) is 23.7. The van der Waals surface area contributed by atoms with Crippen molar-refractivity contribution in [2.45, 2.75) is 0 Å². The van der Waals surface area contributed by atoms with Crippen molar-refractivity contribution in [3.8, 4) is 22.9 Å². The Morgan fingerprint density at radius 2 is 1.12 bits per heavy atom. The first kappa shape index (κ1) is 29.0. The molecular weight excluding hydrogens is 599 g/mol. The lowest BCUT2D eigenvalue weighted by molar-refractivity contribution is 1.18. The molecule has 0 atom stereocenters. The fourth-order valence-electron chi connectivity index (χ4n) is 7.40. The molecule has 0 fully saturated rings. The minimum Gasteiger partial charge on any atom is -0.309 e. The molecule has 0 spiro atoms. The monoisotopic (exact) mass is 627 g/mol. The predicted octanol–water partition coefficient (Wildman–Crippen LogP) is 8.25. The van der Waals surface area contributed by atoms with E-state index in [1.807, 2.05) is 24.3 Å². The molecule has 0 N–H and O–H groups in total. The van der Waals surface area contributed by atoms with Crippen molar-refractivity contribution in [3.63, 3.8) is 0 Å². The number of fused-ring (bicyclic) bond motifs is 3. The summed E-state index contributed by atoms with van der Waals surface area (Å²) in [5.41, 5.74) is 6.77. The molecule has 0 saturated heterocycles. The van der Waals surface area contributed by atoms with Crippen LogP contribution in [0.2, 0.25) is 0 Å². The first-order valence-electron chi connectivity index (χ1n) is 16.0. The predicted molar refractivity (Wildman–Crippen MR) is 201 cm³/mol. The zero-order valence-corrected chi connectivity index (χ0v) is 27.1. The van der Waals surface area contributed by atoms with Crippen molar-refractivity contribution >= 4 is 56.3 Å². The third kappa shape index (κ3) is 4.55. The first-order valence-corrected chi connectivity index (χ1v) is 18.0. The van der Waals surface area contributed by atoms with E-state index in [-0.39, 0.29) is 0 Å². The molecule has 7 aromatic carbocycles. The highest BCUT2D eigenvalue weighted by molar-refractivity contribution is 7.20. The average molecular weight is 628 g/mol. The number of hydrogen-bond donors (Lipinski definition) is 0. The molecule has 0 unspecified atom stereocenters. The van der Waals surface area contributed by atoms with E-state index in [9.17, 15) is 5.26 Å². The molecule has 224 valence electrons. The second-order valence-corrected chi connectivity index (χ2v) is 15.7. The van der Waals surface area contributed by atoms with Crippen LogP contribution in [0.25, 0.3) is 43.5 Å². The molecule has 0 aliphatic carbocycles. The van der Waals surface area contributed by atoms with Crippen LogP contribution >= 0.6 is 0 Å². The van der Waals surface area contributed by atoms with Crippen LogP contribution in [-0.4, -0.2) is 12.6 Å². The number of rotatable bonds is 6. The molecule has 0 radical (unpaired) electrons. The zero-order valence-electron chi connectivity index (χ0n) is 26.1. The lowest BCUT2D eigenvalue weighted by Gasteiger charge is -2.36. The summed E-state index contributed by atoms with van der Waals surface area (Å²) >= 11 is 0. The number of nitrogens with zero attached hydrogens (tertiary/aromatic N) is 3. The smallest absolute Gasteiger partial charge is 0.188 e. The van der Waals surface area contributed by atoms with Gasteiger partial charge in [-0.25, -0.2) is 4.85 Å². The SMILES string of the molecule is [C-]#[N+]c1ccc2c(c1)c1ccccc1n2-c1ccccc1-c1ccccc1[Si](c1ccccc1)(c1ccccc1)c1cccc(C#N)c1. The summed E-state index contributed by atoms with van der Waals surface area (Å²) in [6.45, 7) is 7.67. The van der Waals surface area contributed by atoms with Crippen LogP contribution in [0.15, 0.2) is 176 Å². The van der Waals surface area contributed by atoms with Crippen molar-refractivity contribution in [1.82, 2.24) is 4.57 Å². The highest BCUT2D eigenvalue weighted by Crippen LogP contribution is 2.37. The normalized spacial score (nSPS) is 11.3. The molecule has 1 heterocycles. The molecule has 4 heteroatoms. The van der Waals surface area contributed by atoms with E-state index in [0.29, 0.717) is 11.3 Å². The Bertz CT molecular complexity index is 2500. The van der Waals surface area contributed by atoms with Gasteiger partial charge in [-0.15, -0.1) is 0 Å². The van der Waals surface area contributed by atoms with Gasteiger partial charge in [-0.05, 0) is 68.1 Å². The molecule has 0 bridgehead atoms. The summed E-state index contributed by atoms with van der Waals surface area (Å²) in [4.78, 5) is 3.74. The Kier molecular flexibility index (Phi) is 7.27. The maximum atomic E-state index is 10.1. The topological polar surface area (TPSA) is 33.1 Å². The minimum absolute atomic E-state index is 0.630. The van der Waals surface area contributed by atoms with Crippen molar-refractivity contribution in [2.75, 3.05) is 0 Å². The lowest BCUT2D eigenvalue weighted by atomic mass is 10.0. The summed E-state index contributed by atoms with van der Waals surface area (Å²) in [6.07, 6.45) is 0. The molecule has 48 heavy (non-hydrogen) atoms. The van der Waals surface area contributed by atoms with Crippen LogP contribution in [0, 0.1) is 17.9 Å². The summed E-state index contributed by atoms with van der Waals surface area (Å²) < 4.78 is 2.34. The Hall–Kier alpha value is -6.46. The molecule has 8 aromatic rings. The van der Waals surface area contributed by atoms with E-state index < -0.39 is 8.07 Å². The van der Waals surface area contributed by atoms with Crippen molar-refractivity contribution in [1.29, 1.82) is 5.26 Å². The van der Waals surface area contributed by atoms with Crippen LogP contribution in [0.5, 0.6) is 0 Å². The Morgan fingerprint density at radius 3 is 1.85 bits per heavy atom. The Labute approximate surface area is 281 Å². The van der Waals surface area contributed by atoms with Gasteiger partial charge in [0, 0.05) is 10.9 Å². The largest absolute Gasteiger partial charge is 0.309 e. The fourth-order valence-corrected chi connectivity index (χ4v) is 12.4. The van der Waals surface area contributed by atoms with Gasteiger partial charge in [0.05, 0.1) is 34.9 Å². The van der Waals surface area contributed by atoms with Gasteiger partial charge in [-0.3, -0.25) is 0 Å². The van der Waals surface area contributed by atoms with Crippen LogP contribution in [0.3, 0.4) is 0 Å². The van der Waals surface area contributed by atoms with Crippen LogP contribution in [0.1, 0.15) is 5.56 Å². The van der Waals surface area contributed by atoms with E-state index in [1.54, 1.807) is 0 Å². The lowest BCUT2D eigenvalue weighted by Crippen LogP contribution is -2.75. The molecule has 0 aliphatic heterocycles. The molecule has 0 aliphatic rings. The van der Waals surface area contributed by atoms with Crippen molar-refractivity contribution in [2.24, 2.45) is 0 Å². The third-order valence-corrected chi connectivity index (χ3v) is 14.2. The number of hydrogen-bond acceptors (Lipinski definition) is 1. The standard InChI is InChI=1S/C44H29N3Si/c1-46-33-27-28-43-40(30-33)38-22-9-12-25-42(38)47(43)41-24-11-8-21-37(41)39-23-10-13-26-44(39)48(34-16-4-2-5-17-34,35-18-6-3-7-19-35)36-20-14-15-32(29-36)31-45/h2-30H. The molecule has 0 amide bonds. The van der Waals surface area contributed by atoms with E-state index in [1.165, 1.54) is 15.6 Å². The van der Waals surface area contributed by atoms with Gasteiger partial charge in [-0.2, -0.15) is 5.26 Å². The maximum Gasteiger partial charge on any atom is 0.188 e. The van der Waals surface area contributed by atoms with E-state index in [2.05, 4.69) is 167 Å². The van der Waals surface area contributed by atoms with Crippen molar-refractivity contribution in [3.05, 3.63) is 193 Å². The Balaban J connectivity index is 1.49. The van der Waals surface area contributed by atoms with Gasteiger partial charge >= 0.3 is 0 Å². The van der Waals surface area contributed by atoms with Gasteiger partial charge < -0.3 is 4.57 Å². The summed E-state index contributed by atoms with van der Waals surface area (Å²) in [6, 6.07) is 64.2. The van der Waals surface area contributed by atoms with E-state index in [0.717, 1.165) is 43.8 Å². The van der Waals surface area contributed by atoms with Gasteiger partial charge in [-0.1, -0.05) is 140 Å². The van der Waals surface area contributed by atoms with Crippen LogP contribution in [-0.2, 0) is 0 Å². The average Bonchev–Trinajstić information content (AvgIpc) is 3.50. The third-order valence-electron chi connectivity index (χ3n) is 9.39. The quantitative estimate of drug-likeness (QED) is 0.104. The van der Waals surface area contributed by atoms with Crippen molar-refractivity contribution < 1.29 is 0 Å². The van der Waals surface area contributed by atoms with E-state index in [4.69, 9.17) is 6.57 Å². The number of aromatic nitrogens is 1. The summed E-state index contributed by atoms with van der Waals surface area (Å²) in [5.74, 6) is 0. The second kappa shape index (κ2) is 12.0.